The minimum absolute atomic E-state index is 0.224. The van der Waals surface area contributed by atoms with Gasteiger partial charge in [0.1, 0.15) is 5.75 Å². The molecular weight excluding hydrogens is 242 g/mol. The maximum Gasteiger partial charge on any atom is 0.310 e. The second-order valence-corrected chi connectivity index (χ2v) is 4.07. The molecule has 0 atom stereocenters. The van der Waals surface area contributed by atoms with Crippen LogP contribution in [0.1, 0.15) is 5.56 Å². The Morgan fingerprint density at radius 1 is 1.16 bits per heavy atom. The molecule has 0 radical (unpaired) electrons. The predicted octanol–water partition coefficient (Wildman–Crippen LogP) is 2.47. The Morgan fingerprint density at radius 2 is 2.00 bits per heavy atom. The first kappa shape index (κ1) is 13.1. The van der Waals surface area contributed by atoms with Gasteiger partial charge in [-0.05, 0) is 29.3 Å². The summed E-state index contributed by atoms with van der Waals surface area (Å²) in [7, 11) is 3.01. The van der Waals surface area contributed by atoms with Crippen LogP contribution >= 0.6 is 0 Å². The topological polar surface area (TPSA) is 48.4 Å². The molecule has 0 bridgehead atoms. The molecule has 0 aliphatic rings. The highest BCUT2D eigenvalue weighted by atomic mass is 16.5. The minimum Gasteiger partial charge on any atom is -0.497 e. The Labute approximate surface area is 112 Å². The highest BCUT2D eigenvalue weighted by molar-refractivity contribution is 5.73. The average molecular weight is 257 g/mol. The second kappa shape index (κ2) is 6.00. The fourth-order valence-electron chi connectivity index (χ4n) is 1.78. The zero-order valence-electron chi connectivity index (χ0n) is 10.9. The molecule has 2 rings (SSSR count). The quantitative estimate of drug-likeness (QED) is 0.789. The molecular formula is C15H15NO3. The van der Waals surface area contributed by atoms with E-state index in [0.29, 0.717) is 0 Å². The fourth-order valence-corrected chi connectivity index (χ4v) is 1.78. The van der Waals surface area contributed by atoms with Gasteiger partial charge in [-0.25, -0.2) is 0 Å². The van der Waals surface area contributed by atoms with Gasteiger partial charge in [-0.3, -0.25) is 9.78 Å². The molecule has 1 aromatic carbocycles. The van der Waals surface area contributed by atoms with E-state index in [2.05, 4.69) is 9.72 Å². The van der Waals surface area contributed by atoms with E-state index >= 15 is 0 Å². The highest BCUT2D eigenvalue weighted by Gasteiger charge is 2.06. The maximum atomic E-state index is 11.3. The molecule has 1 heterocycles. The van der Waals surface area contributed by atoms with Gasteiger partial charge in [0.25, 0.3) is 0 Å². The lowest BCUT2D eigenvalue weighted by Crippen LogP contribution is -2.04. The number of carbonyl (C=O) groups is 1. The van der Waals surface area contributed by atoms with Crippen LogP contribution in [-0.4, -0.2) is 25.2 Å². The number of rotatable bonds is 4. The first-order valence-electron chi connectivity index (χ1n) is 5.88. The number of hydrogen-bond acceptors (Lipinski definition) is 4. The standard InChI is InChI=1S/C15H15NO3/c1-18-14-5-3-4-12(8-14)13-6-11(9-16-10-13)7-15(17)19-2/h3-6,8-10H,7H2,1-2H3. The van der Waals surface area contributed by atoms with Crippen molar-refractivity contribution in [3.8, 4) is 16.9 Å². The highest BCUT2D eigenvalue weighted by Crippen LogP contribution is 2.23. The second-order valence-electron chi connectivity index (χ2n) is 4.07. The largest absolute Gasteiger partial charge is 0.497 e. The third kappa shape index (κ3) is 3.31. The minimum atomic E-state index is -0.274. The van der Waals surface area contributed by atoms with Crippen LogP contribution in [0.3, 0.4) is 0 Å². The summed E-state index contributed by atoms with van der Waals surface area (Å²) in [4.78, 5) is 15.4. The molecule has 0 amide bonds. The molecule has 0 spiro atoms. The Bertz CT molecular complexity index is 581. The van der Waals surface area contributed by atoms with E-state index in [9.17, 15) is 4.79 Å². The van der Waals surface area contributed by atoms with Crippen LogP contribution in [0, 0.1) is 0 Å². The molecule has 98 valence electrons. The van der Waals surface area contributed by atoms with E-state index in [1.807, 2.05) is 30.3 Å². The summed E-state index contributed by atoms with van der Waals surface area (Å²) in [5.74, 6) is 0.514. The van der Waals surface area contributed by atoms with Crippen molar-refractivity contribution in [2.75, 3.05) is 14.2 Å². The number of benzene rings is 1. The van der Waals surface area contributed by atoms with Crippen molar-refractivity contribution in [1.82, 2.24) is 4.98 Å². The Kier molecular flexibility index (Phi) is 4.13. The van der Waals surface area contributed by atoms with Crippen LogP contribution in [0.5, 0.6) is 5.75 Å². The first-order chi connectivity index (χ1) is 9.22. The number of methoxy groups -OCH3 is 2. The molecule has 0 N–H and O–H groups in total. The van der Waals surface area contributed by atoms with Crippen LogP contribution in [0.15, 0.2) is 42.7 Å². The Morgan fingerprint density at radius 3 is 2.74 bits per heavy atom. The van der Waals surface area contributed by atoms with Crippen LogP contribution in [0.4, 0.5) is 0 Å². The maximum absolute atomic E-state index is 11.3. The fraction of sp³-hybridized carbons (Fsp3) is 0.200. The van der Waals surface area contributed by atoms with Gasteiger partial charge < -0.3 is 9.47 Å². The molecule has 0 unspecified atom stereocenters. The number of nitrogens with zero attached hydrogens (tertiary/aromatic N) is 1. The van der Waals surface area contributed by atoms with Crippen molar-refractivity contribution < 1.29 is 14.3 Å². The smallest absolute Gasteiger partial charge is 0.310 e. The van der Waals surface area contributed by atoms with Crippen LogP contribution in [0.25, 0.3) is 11.1 Å². The van der Waals surface area contributed by atoms with Gasteiger partial charge >= 0.3 is 5.97 Å². The number of aromatic nitrogens is 1. The van der Waals surface area contributed by atoms with Crippen molar-refractivity contribution in [3.63, 3.8) is 0 Å². The molecule has 4 heteroatoms. The predicted molar refractivity (Wildman–Crippen MR) is 71.9 cm³/mol. The third-order valence-electron chi connectivity index (χ3n) is 2.77. The van der Waals surface area contributed by atoms with E-state index < -0.39 is 0 Å². The molecule has 1 aromatic heterocycles. The number of hydrogen-bond donors (Lipinski definition) is 0. The summed E-state index contributed by atoms with van der Waals surface area (Å²) in [6.07, 6.45) is 3.65. The number of esters is 1. The van der Waals surface area contributed by atoms with Crippen LogP contribution in [0.2, 0.25) is 0 Å². The lowest BCUT2D eigenvalue weighted by atomic mass is 10.0. The first-order valence-corrected chi connectivity index (χ1v) is 5.88. The van der Waals surface area contributed by atoms with Crippen LogP contribution in [-0.2, 0) is 16.0 Å². The monoisotopic (exact) mass is 257 g/mol. The SMILES string of the molecule is COC(=O)Cc1cncc(-c2cccc(OC)c2)c1. The number of pyridine rings is 1. The zero-order valence-corrected chi connectivity index (χ0v) is 10.9. The summed E-state index contributed by atoms with van der Waals surface area (Å²) in [5.41, 5.74) is 2.77. The molecule has 0 fully saturated rings. The van der Waals surface area contributed by atoms with E-state index in [-0.39, 0.29) is 12.4 Å². The van der Waals surface area contributed by atoms with Crippen LogP contribution < -0.4 is 4.74 Å². The van der Waals surface area contributed by atoms with Crippen molar-refractivity contribution in [1.29, 1.82) is 0 Å². The Balaban J connectivity index is 2.29. The Hall–Kier alpha value is -2.36. The van der Waals surface area contributed by atoms with E-state index in [0.717, 1.165) is 22.4 Å². The third-order valence-corrected chi connectivity index (χ3v) is 2.77. The van der Waals surface area contributed by atoms with E-state index in [1.165, 1.54) is 7.11 Å². The molecule has 0 aliphatic carbocycles. The summed E-state index contributed by atoms with van der Waals surface area (Å²) < 4.78 is 9.84. The van der Waals surface area contributed by atoms with Crippen molar-refractivity contribution in [2.45, 2.75) is 6.42 Å². The number of carbonyl (C=O) groups excluding carboxylic acids is 1. The average Bonchev–Trinajstić information content (AvgIpc) is 2.47. The van der Waals surface area contributed by atoms with Gasteiger partial charge in [-0.2, -0.15) is 0 Å². The van der Waals surface area contributed by atoms with Gasteiger partial charge in [-0.15, -0.1) is 0 Å². The summed E-state index contributed by atoms with van der Waals surface area (Å²) in [6, 6.07) is 9.63. The normalized spacial score (nSPS) is 10.0. The lowest BCUT2D eigenvalue weighted by molar-refractivity contribution is -0.139. The molecule has 0 saturated heterocycles. The van der Waals surface area contributed by atoms with Gasteiger partial charge in [0, 0.05) is 18.0 Å². The van der Waals surface area contributed by atoms with Gasteiger partial charge in [0.15, 0.2) is 0 Å². The molecule has 2 aromatic rings. The lowest BCUT2D eigenvalue weighted by Gasteiger charge is -2.06. The van der Waals surface area contributed by atoms with Gasteiger partial charge in [0.05, 0.1) is 20.6 Å². The molecule has 0 saturated carbocycles. The van der Waals surface area contributed by atoms with E-state index in [1.54, 1.807) is 19.5 Å². The molecule has 0 aliphatic heterocycles. The summed E-state index contributed by atoms with van der Waals surface area (Å²) in [6.45, 7) is 0. The van der Waals surface area contributed by atoms with E-state index in [4.69, 9.17) is 4.74 Å². The molecule has 4 nitrogen and oxygen atoms in total. The summed E-state index contributed by atoms with van der Waals surface area (Å²) >= 11 is 0. The van der Waals surface area contributed by atoms with Crippen molar-refractivity contribution in [3.05, 3.63) is 48.3 Å². The zero-order chi connectivity index (χ0) is 13.7. The van der Waals surface area contributed by atoms with Crippen molar-refractivity contribution >= 4 is 5.97 Å². The van der Waals surface area contributed by atoms with Gasteiger partial charge in [0.2, 0.25) is 0 Å². The number of ether oxygens (including phenoxy) is 2. The molecule has 19 heavy (non-hydrogen) atoms. The van der Waals surface area contributed by atoms with Crippen molar-refractivity contribution in [2.24, 2.45) is 0 Å². The van der Waals surface area contributed by atoms with Gasteiger partial charge in [-0.1, -0.05) is 12.1 Å². The summed E-state index contributed by atoms with van der Waals surface area (Å²) in [5, 5.41) is 0.